The van der Waals surface area contributed by atoms with Crippen LogP contribution in [0.2, 0.25) is 0 Å². The van der Waals surface area contributed by atoms with Crippen molar-refractivity contribution in [3.05, 3.63) is 65.2 Å². The summed E-state index contributed by atoms with van der Waals surface area (Å²) in [6, 6.07) is 14.1. The minimum absolute atomic E-state index is 0.0804. The van der Waals surface area contributed by atoms with Crippen molar-refractivity contribution in [3.8, 4) is 5.75 Å². The highest BCUT2D eigenvalue weighted by molar-refractivity contribution is 5.94. The summed E-state index contributed by atoms with van der Waals surface area (Å²) in [4.78, 5) is 25.0. The van der Waals surface area contributed by atoms with E-state index >= 15 is 0 Å². The van der Waals surface area contributed by atoms with E-state index in [1.165, 1.54) is 12.0 Å². The standard InChI is InChI=1S/C18H19NO4/c1-19(2)17(20)14-7-5-9-16(11-14)23-12-13-6-4-8-15(10-13)18(21)22-3/h4-11H,12H2,1-3H3. The molecule has 0 N–H and O–H groups in total. The van der Waals surface area contributed by atoms with Crippen LogP contribution in [0.4, 0.5) is 0 Å². The topological polar surface area (TPSA) is 55.8 Å². The monoisotopic (exact) mass is 313 g/mol. The van der Waals surface area contributed by atoms with Crippen molar-refractivity contribution in [3.63, 3.8) is 0 Å². The molecular formula is C18H19NO4. The van der Waals surface area contributed by atoms with Crippen LogP contribution in [-0.2, 0) is 11.3 Å². The minimum Gasteiger partial charge on any atom is -0.489 e. The predicted octanol–water partition coefficient (Wildman–Crippen LogP) is 2.75. The normalized spacial score (nSPS) is 10.0. The Labute approximate surface area is 135 Å². The molecule has 0 aliphatic carbocycles. The zero-order valence-electron chi connectivity index (χ0n) is 13.4. The lowest BCUT2D eigenvalue weighted by molar-refractivity contribution is 0.0600. The summed E-state index contributed by atoms with van der Waals surface area (Å²) in [5.41, 5.74) is 1.89. The second-order valence-corrected chi connectivity index (χ2v) is 5.21. The van der Waals surface area contributed by atoms with Crippen molar-refractivity contribution in [1.29, 1.82) is 0 Å². The molecular weight excluding hydrogens is 294 g/mol. The fraction of sp³-hybridized carbons (Fsp3) is 0.222. The van der Waals surface area contributed by atoms with Gasteiger partial charge in [-0.25, -0.2) is 4.79 Å². The molecule has 5 heteroatoms. The third-order valence-electron chi connectivity index (χ3n) is 3.24. The molecule has 0 saturated carbocycles. The van der Waals surface area contributed by atoms with E-state index in [1.54, 1.807) is 56.6 Å². The van der Waals surface area contributed by atoms with Gasteiger partial charge in [-0.3, -0.25) is 4.79 Å². The Morgan fingerprint density at radius 2 is 1.70 bits per heavy atom. The van der Waals surface area contributed by atoms with Crippen LogP contribution < -0.4 is 4.74 Å². The Hall–Kier alpha value is -2.82. The molecule has 0 aliphatic heterocycles. The summed E-state index contributed by atoms with van der Waals surface area (Å²) < 4.78 is 10.4. The largest absolute Gasteiger partial charge is 0.489 e. The van der Waals surface area contributed by atoms with Gasteiger partial charge in [0.25, 0.3) is 5.91 Å². The molecule has 2 aromatic rings. The van der Waals surface area contributed by atoms with Gasteiger partial charge in [-0.2, -0.15) is 0 Å². The third-order valence-corrected chi connectivity index (χ3v) is 3.24. The van der Waals surface area contributed by atoms with Crippen LogP contribution in [0.5, 0.6) is 5.75 Å². The number of esters is 1. The zero-order valence-corrected chi connectivity index (χ0v) is 13.4. The maximum absolute atomic E-state index is 11.9. The second kappa shape index (κ2) is 7.45. The van der Waals surface area contributed by atoms with Gasteiger partial charge in [0, 0.05) is 19.7 Å². The van der Waals surface area contributed by atoms with E-state index in [9.17, 15) is 9.59 Å². The smallest absolute Gasteiger partial charge is 0.337 e. The van der Waals surface area contributed by atoms with Crippen LogP contribution in [-0.4, -0.2) is 38.0 Å². The summed E-state index contributed by atoms with van der Waals surface area (Å²) >= 11 is 0. The van der Waals surface area contributed by atoms with Crippen molar-refractivity contribution >= 4 is 11.9 Å². The fourth-order valence-electron chi connectivity index (χ4n) is 2.05. The molecule has 0 saturated heterocycles. The van der Waals surface area contributed by atoms with Gasteiger partial charge in [-0.1, -0.05) is 18.2 Å². The van der Waals surface area contributed by atoms with Crippen LogP contribution in [0.15, 0.2) is 48.5 Å². The molecule has 0 unspecified atom stereocenters. The molecule has 0 aromatic heterocycles. The number of amides is 1. The Kier molecular flexibility index (Phi) is 5.36. The Morgan fingerprint density at radius 1 is 1.00 bits per heavy atom. The fourth-order valence-corrected chi connectivity index (χ4v) is 2.05. The quantitative estimate of drug-likeness (QED) is 0.797. The highest BCUT2D eigenvalue weighted by atomic mass is 16.5. The zero-order chi connectivity index (χ0) is 16.8. The van der Waals surface area contributed by atoms with Crippen LogP contribution in [0, 0.1) is 0 Å². The Bertz CT molecular complexity index is 710. The lowest BCUT2D eigenvalue weighted by Crippen LogP contribution is -2.21. The third kappa shape index (κ3) is 4.32. The molecule has 0 aliphatic rings. The van der Waals surface area contributed by atoms with Gasteiger partial charge < -0.3 is 14.4 Å². The number of rotatable bonds is 5. The molecule has 5 nitrogen and oxygen atoms in total. The lowest BCUT2D eigenvalue weighted by atomic mass is 10.1. The van der Waals surface area contributed by atoms with Gasteiger partial charge >= 0.3 is 5.97 Å². The minimum atomic E-state index is -0.384. The van der Waals surface area contributed by atoms with Crippen LogP contribution >= 0.6 is 0 Å². The average Bonchev–Trinajstić information content (AvgIpc) is 2.59. The Balaban J connectivity index is 2.08. The molecule has 2 rings (SSSR count). The first-order valence-electron chi connectivity index (χ1n) is 7.13. The lowest BCUT2D eigenvalue weighted by Gasteiger charge is -2.12. The van der Waals surface area contributed by atoms with Crippen molar-refractivity contribution in [2.75, 3.05) is 21.2 Å². The molecule has 2 aromatic carbocycles. The predicted molar refractivity (Wildman–Crippen MR) is 86.6 cm³/mol. The van der Waals surface area contributed by atoms with Crippen molar-refractivity contribution in [1.82, 2.24) is 4.90 Å². The Morgan fingerprint density at radius 3 is 2.39 bits per heavy atom. The SMILES string of the molecule is COC(=O)c1cccc(COc2cccc(C(=O)N(C)C)c2)c1. The maximum Gasteiger partial charge on any atom is 0.337 e. The van der Waals surface area contributed by atoms with Gasteiger partial charge in [0.2, 0.25) is 0 Å². The molecule has 0 radical (unpaired) electrons. The van der Waals surface area contributed by atoms with Gasteiger partial charge in [0.15, 0.2) is 0 Å². The molecule has 0 spiro atoms. The van der Waals surface area contributed by atoms with E-state index in [0.29, 0.717) is 23.5 Å². The van der Waals surface area contributed by atoms with Gasteiger partial charge in [-0.15, -0.1) is 0 Å². The summed E-state index contributed by atoms with van der Waals surface area (Å²) in [5.74, 6) is 0.134. The number of hydrogen-bond donors (Lipinski definition) is 0. The van der Waals surface area contributed by atoms with Gasteiger partial charge in [0.05, 0.1) is 12.7 Å². The highest BCUT2D eigenvalue weighted by Crippen LogP contribution is 2.17. The molecule has 1 amide bonds. The molecule has 120 valence electrons. The number of carbonyl (C=O) groups is 2. The number of carbonyl (C=O) groups excluding carboxylic acids is 2. The van der Waals surface area contributed by atoms with Crippen molar-refractivity contribution in [2.24, 2.45) is 0 Å². The van der Waals surface area contributed by atoms with E-state index < -0.39 is 0 Å². The van der Waals surface area contributed by atoms with E-state index in [-0.39, 0.29) is 11.9 Å². The second-order valence-electron chi connectivity index (χ2n) is 5.21. The first-order valence-corrected chi connectivity index (χ1v) is 7.13. The average molecular weight is 313 g/mol. The van der Waals surface area contributed by atoms with E-state index in [1.807, 2.05) is 6.07 Å². The number of hydrogen-bond acceptors (Lipinski definition) is 4. The van der Waals surface area contributed by atoms with E-state index in [2.05, 4.69) is 0 Å². The van der Waals surface area contributed by atoms with E-state index in [0.717, 1.165) is 5.56 Å². The van der Waals surface area contributed by atoms with Crippen molar-refractivity contribution < 1.29 is 19.1 Å². The maximum atomic E-state index is 11.9. The highest BCUT2D eigenvalue weighted by Gasteiger charge is 2.09. The molecule has 0 heterocycles. The van der Waals surface area contributed by atoms with Crippen LogP contribution in [0.1, 0.15) is 26.3 Å². The van der Waals surface area contributed by atoms with Gasteiger partial charge in [0.1, 0.15) is 12.4 Å². The van der Waals surface area contributed by atoms with Crippen LogP contribution in [0.3, 0.4) is 0 Å². The molecule has 0 bridgehead atoms. The summed E-state index contributed by atoms with van der Waals surface area (Å²) in [6.45, 7) is 0.296. The summed E-state index contributed by atoms with van der Waals surface area (Å²) in [6.07, 6.45) is 0. The molecule has 23 heavy (non-hydrogen) atoms. The first kappa shape index (κ1) is 16.5. The van der Waals surface area contributed by atoms with Gasteiger partial charge in [-0.05, 0) is 35.9 Å². The first-order chi connectivity index (χ1) is 11.0. The summed E-state index contributed by atoms with van der Waals surface area (Å²) in [5, 5.41) is 0. The number of ether oxygens (including phenoxy) is 2. The number of nitrogens with zero attached hydrogens (tertiary/aromatic N) is 1. The van der Waals surface area contributed by atoms with E-state index in [4.69, 9.17) is 9.47 Å². The molecule has 0 fully saturated rings. The summed E-state index contributed by atoms with van der Waals surface area (Å²) in [7, 11) is 4.75. The number of benzene rings is 2. The molecule has 0 atom stereocenters. The van der Waals surface area contributed by atoms with Crippen molar-refractivity contribution in [2.45, 2.75) is 6.61 Å². The van der Waals surface area contributed by atoms with Crippen LogP contribution in [0.25, 0.3) is 0 Å². The number of methoxy groups -OCH3 is 1.